The van der Waals surface area contributed by atoms with Gasteiger partial charge in [0.05, 0.1) is 10.7 Å². The molecule has 0 saturated carbocycles. The van der Waals surface area contributed by atoms with Crippen LogP contribution in [0.1, 0.15) is 11.3 Å². The summed E-state index contributed by atoms with van der Waals surface area (Å²) < 4.78 is 19.2. The number of nitrogens with one attached hydrogen (secondary N) is 2. The molecule has 0 radical (unpaired) electrons. The van der Waals surface area contributed by atoms with Gasteiger partial charge in [-0.1, -0.05) is 35.9 Å². The highest BCUT2D eigenvalue weighted by Crippen LogP contribution is 2.28. The molecule has 2 N–H and O–H groups in total. The van der Waals surface area contributed by atoms with Crippen molar-refractivity contribution in [2.24, 2.45) is 0 Å². The second-order valence-electron chi connectivity index (χ2n) is 5.98. The number of nitrogens with zero attached hydrogens (tertiary/aromatic N) is 1. The van der Waals surface area contributed by atoms with Crippen molar-refractivity contribution < 1.29 is 13.9 Å². The number of carbonyl (C=O) groups excluding carboxylic acids is 1. The molecule has 0 saturated heterocycles. The number of rotatable bonds is 7. The molecule has 0 aliphatic carbocycles. The molecule has 5 nitrogen and oxygen atoms in total. The quantitative estimate of drug-likeness (QED) is 0.598. The minimum atomic E-state index is -0.394. The van der Waals surface area contributed by atoms with E-state index in [1.165, 1.54) is 6.07 Å². The summed E-state index contributed by atoms with van der Waals surface area (Å²) in [7, 11) is 0. The summed E-state index contributed by atoms with van der Waals surface area (Å²) in [5.74, 6) is 0.218. The lowest BCUT2D eigenvalue weighted by Gasteiger charge is -2.11. The zero-order valence-electron chi connectivity index (χ0n) is 15.0. The summed E-state index contributed by atoms with van der Waals surface area (Å²) >= 11 is 6.22. The molecule has 2 amide bonds. The Hall–Kier alpha value is -3.12. The van der Waals surface area contributed by atoms with E-state index in [1.54, 1.807) is 42.6 Å². The lowest BCUT2D eigenvalue weighted by molar-refractivity contribution is 0.252. The molecule has 28 heavy (non-hydrogen) atoms. The molecule has 0 unspecified atom stereocenters. The van der Waals surface area contributed by atoms with E-state index in [4.69, 9.17) is 16.3 Å². The van der Waals surface area contributed by atoms with Gasteiger partial charge in [0.25, 0.3) is 0 Å². The number of hydrogen-bond donors (Lipinski definition) is 2. The minimum absolute atomic E-state index is 0.280. The van der Waals surface area contributed by atoms with Gasteiger partial charge in [0, 0.05) is 18.4 Å². The van der Waals surface area contributed by atoms with E-state index in [9.17, 15) is 9.18 Å². The van der Waals surface area contributed by atoms with Crippen LogP contribution in [0.4, 0.5) is 14.9 Å². The van der Waals surface area contributed by atoms with Gasteiger partial charge in [-0.2, -0.15) is 0 Å². The van der Waals surface area contributed by atoms with Gasteiger partial charge in [0.2, 0.25) is 0 Å². The Morgan fingerprint density at radius 2 is 1.93 bits per heavy atom. The fourth-order valence-corrected chi connectivity index (χ4v) is 2.75. The minimum Gasteiger partial charge on any atom is -0.486 e. The van der Waals surface area contributed by atoms with Crippen LogP contribution in [-0.4, -0.2) is 17.6 Å². The third-order valence-electron chi connectivity index (χ3n) is 3.93. The van der Waals surface area contributed by atoms with E-state index >= 15 is 0 Å². The lowest BCUT2D eigenvalue weighted by Crippen LogP contribution is -2.30. The predicted molar refractivity (Wildman–Crippen MR) is 107 cm³/mol. The van der Waals surface area contributed by atoms with E-state index in [1.807, 2.05) is 18.2 Å². The maximum Gasteiger partial charge on any atom is 0.319 e. The standard InChI is InChI=1S/C21H19ClFN3O2/c22-18-13-16(8-9-20(18)28-14-17-6-3-4-11-24-17)26-21(27)25-12-10-15-5-1-2-7-19(15)23/h1-9,11,13H,10,12,14H2,(H2,25,26,27). The first-order valence-electron chi connectivity index (χ1n) is 8.72. The Morgan fingerprint density at radius 3 is 2.68 bits per heavy atom. The van der Waals surface area contributed by atoms with Crippen molar-refractivity contribution in [2.75, 3.05) is 11.9 Å². The van der Waals surface area contributed by atoms with Gasteiger partial charge >= 0.3 is 6.03 Å². The number of ether oxygens (including phenoxy) is 1. The Labute approximate surface area is 167 Å². The first-order valence-corrected chi connectivity index (χ1v) is 9.10. The number of halogens is 2. The number of pyridine rings is 1. The smallest absolute Gasteiger partial charge is 0.319 e. The number of aromatic nitrogens is 1. The highest BCUT2D eigenvalue weighted by Gasteiger charge is 2.07. The zero-order chi connectivity index (χ0) is 19.8. The molecule has 0 spiro atoms. The van der Waals surface area contributed by atoms with Crippen LogP contribution in [0.15, 0.2) is 66.9 Å². The fourth-order valence-electron chi connectivity index (χ4n) is 2.52. The fraction of sp³-hybridized carbons (Fsp3) is 0.143. The number of amides is 2. The van der Waals surface area contributed by atoms with E-state index in [-0.39, 0.29) is 5.82 Å². The van der Waals surface area contributed by atoms with Crippen molar-refractivity contribution in [3.8, 4) is 5.75 Å². The van der Waals surface area contributed by atoms with Crippen molar-refractivity contribution in [1.82, 2.24) is 10.3 Å². The van der Waals surface area contributed by atoms with Gasteiger partial charge in [0.1, 0.15) is 18.2 Å². The molecule has 0 fully saturated rings. The highest BCUT2D eigenvalue weighted by atomic mass is 35.5. The maximum absolute atomic E-state index is 13.6. The average molecular weight is 400 g/mol. The van der Waals surface area contributed by atoms with Crippen LogP contribution in [0, 0.1) is 5.82 Å². The maximum atomic E-state index is 13.6. The van der Waals surface area contributed by atoms with Crippen LogP contribution in [0.25, 0.3) is 0 Å². The second kappa shape index (κ2) is 9.71. The molecule has 0 aliphatic heterocycles. The van der Waals surface area contributed by atoms with Gasteiger partial charge in [0.15, 0.2) is 0 Å². The van der Waals surface area contributed by atoms with Crippen LogP contribution in [0.5, 0.6) is 5.75 Å². The number of urea groups is 1. The first-order chi connectivity index (χ1) is 13.6. The molecule has 1 heterocycles. The van der Waals surface area contributed by atoms with Crippen LogP contribution >= 0.6 is 11.6 Å². The van der Waals surface area contributed by atoms with E-state index in [2.05, 4.69) is 15.6 Å². The first kappa shape index (κ1) is 19.6. The number of hydrogen-bond acceptors (Lipinski definition) is 3. The molecular formula is C21H19ClFN3O2. The molecular weight excluding hydrogens is 381 g/mol. The molecule has 0 aliphatic rings. The van der Waals surface area contributed by atoms with Crippen LogP contribution in [-0.2, 0) is 13.0 Å². The molecule has 7 heteroatoms. The molecule has 3 aromatic rings. The Morgan fingerprint density at radius 1 is 1.11 bits per heavy atom. The number of carbonyl (C=O) groups is 1. The molecule has 0 bridgehead atoms. The highest BCUT2D eigenvalue weighted by molar-refractivity contribution is 6.32. The summed E-state index contributed by atoms with van der Waals surface area (Å²) in [4.78, 5) is 16.2. The Kier molecular flexibility index (Phi) is 6.81. The van der Waals surface area contributed by atoms with Crippen molar-refractivity contribution in [3.63, 3.8) is 0 Å². The lowest BCUT2D eigenvalue weighted by atomic mass is 10.1. The third kappa shape index (κ3) is 5.69. The number of benzene rings is 2. The zero-order valence-corrected chi connectivity index (χ0v) is 15.7. The predicted octanol–water partition coefficient (Wildman–Crippen LogP) is 4.82. The molecule has 2 aromatic carbocycles. The summed E-state index contributed by atoms with van der Waals surface area (Å²) in [5, 5.41) is 5.75. The van der Waals surface area contributed by atoms with Crippen LogP contribution < -0.4 is 15.4 Å². The van der Waals surface area contributed by atoms with Gasteiger partial charge in [-0.25, -0.2) is 9.18 Å². The Balaban J connectivity index is 1.48. The topological polar surface area (TPSA) is 63.2 Å². The summed E-state index contributed by atoms with van der Waals surface area (Å²) in [6.45, 7) is 0.607. The summed E-state index contributed by atoms with van der Waals surface area (Å²) in [6.07, 6.45) is 2.10. The SMILES string of the molecule is O=C(NCCc1ccccc1F)Nc1ccc(OCc2ccccn2)c(Cl)c1. The van der Waals surface area contributed by atoms with Gasteiger partial charge in [-0.3, -0.25) is 4.98 Å². The molecule has 144 valence electrons. The van der Waals surface area contributed by atoms with Crippen molar-refractivity contribution >= 4 is 23.3 Å². The summed E-state index contributed by atoms with van der Waals surface area (Å²) in [6, 6.07) is 16.6. The normalized spacial score (nSPS) is 10.4. The van der Waals surface area contributed by atoms with Crippen molar-refractivity contribution in [1.29, 1.82) is 0 Å². The van der Waals surface area contributed by atoms with E-state index in [0.717, 1.165) is 5.69 Å². The molecule has 1 aromatic heterocycles. The van der Waals surface area contributed by atoms with E-state index < -0.39 is 6.03 Å². The van der Waals surface area contributed by atoms with Crippen LogP contribution in [0.2, 0.25) is 5.02 Å². The second-order valence-corrected chi connectivity index (χ2v) is 6.38. The van der Waals surface area contributed by atoms with Crippen LogP contribution in [0.3, 0.4) is 0 Å². The monoisotopic (exact) mass is 399 g/mol. The number of anilines is 1. The Bertz CT molecular complexity index is 938. The van der Waals surface area contributed by atoms with Crippen molar-refractivity contribution in [2.45, 2.75) is 13.0 Å². The van der Waals surface area contributed by atoms with Gasteiger partial charge in [-0.15, -0.1) is 0 Å². The average Bonchev–Trinajstić information content (AvgIpc) is 2.70. The largest absolute Gasteiger partial charge is 0.486 e. The van der Waals surface area contributed by atoms with Crippen molar-refractivity contribution in [3.05, 3.63) is 89.0 Å². The van der Waals surface area contributed by atoms with E-state index in [0.29, 0.717) is 41.6 Å². The summed E-state index contributed by atoms with van der Waals surface area (Å²) in [5.41, 5.74) is 1.87. The molecule has 0 atom stereocenters. The van der Waals surface area contributed by atoms with Gasteiger partial charge in [-0.05, 0) is 48.4 Å². The third-order valence-corrected chi connectivity index (χ3v) is 4.22. The molecule has 3 rings (SSSR count). The van der Waals surface area contributed by atoms with Gasteiger partial charge < -0.3 is 15.4 Å².